The van der Waals surface area contributed by atoms with Crippen molar-refractivity contribution in [3.63, 3.8) is 0 Å². The molecule has 1 N–H and O–H groups in total. The van der Waals surface area contributed by atoms with Gasteiger partial charge in [-0.3, -0.25) is 9.59 Å². The first-order valence-corrected chi connectivity index (χ1v) is 11.0. The Kier molecular flexibility index (Phi) is 10.1. The summed E-state index contributed by atoms with van der Waals surface area (Å²) < 4.78 is 5.73. The second-order valence-corrected chi connectivity index (χ2v) is 9.98. The number of alkyl halides is 1. The van der Waals surface area contributed by atoms with Gasteiger partial charge in [0.15, 0.2) is 0 Å². The third kappa shape index (κ3) is 8.71. The van der Waals surface area contributed by atoms with Crippen molar-refractivity contribution in [1.29, 1.82) is 0 Å². The first kappa shape index (κ1) is 24.6. The molecule has 1 aromatic rings. The van der Waals surface area contributed by atoms with Gasteiger partial charge in [0.2, 0.25) is 5.91 Å². The van der Waals surface area contributed by atoms with Gasteiger partial charge in [-0.25, -0.2) is 5.43 Å². The van der Waals surface area contributed by atoms with E-state index in [4.69, 9.17) is 4.74 Å². The van der Waals surface area contributed by atoms with Gasteiger partial charge in [-0.15, -0.1) is 0 Å². The highest BCUT2D eigenvalue weighted by atomic mass is 127. The van der Waals surface area contributed by atoms with Crippen molar-refractivity contribution < 1.29 is 14.3 Å². The summed E-state index contributed by atoms with van der Waals surface area (Å²) in [5.74, 6) is 1.35. The Hall–Kier alpha value is -1.44. The summed E-state index contributed by atoms with van der Waals surface area (Å²) in [4.78, 5) is 23.7. The molecule has 5 nitrogen and oxygen atoms in total. The van der Waals surface area contributed by atoms with E-state index in [1.807, 2.05) is 38.1 Å². The summed E-state index contributed by atoms with van der Waals surface area (Å²) in [6.45, 7) is 12.7. The molecule has 0 saturated carbocycles. The van der Waals surface area contributed by atoms with Crippen LogP contribution >= 0.6 is 22.6 Å². The summed E-state index contributed by atoms with van der Waals surface area (Å²) in [7, 11) is 0. The van der Waals surface area contributed by atoms with Gasteiger partial charge in [0.1, 0.15) is 11.5 Å². The molecule has 0 aromatic heterocycles. The van der Waals surface area contributed by atoms with Crippen molar-refractivity contribution in [2.75, 3.05) is 6.61 Å². The fourth-order valence-corrected chi connectivity index (χ4v) is 2.61. The van der Waals surface area contributed by atoms with Gasteiger partial charge in [-0.1, -0.05) is 50.3 Å². The molecule has 0 bridgehead atoms. The molecule has 156 valence electrons. The lowest BCUT2D eigenvalue weighted by molar-refractivity contribution is -0.123. The number of halogens is 1. The number of hydrazone groups is 1. The van der Waals surface area contributed by atoms with Crippen LogP contribution in [0.3, 0.4) is 0 Å². The molecule has 28 heavy (non-hydrogen) atoms. The SMILES string of the molecule is C/C(=N\NC(=O)CC(C)(C)C(C)C)c1ccc(OCCCC(=O)C(C)I)cc1. The number of benzene rings is 1. The highest BCUT2D eigenvalue weighted by Crippen LogP contribution is 2.29. The smallest absolute Gasteiger partial charge is 0.240 e. The maximum absolute atomic E-state index is 12.1. The summed E-state index contributed by atoms with van der Waals surface area (Å²) in [6.07, 6.45) is 1.70. The number of ether oxygens (including phenoxy) is 1. The maximum atomic E-state index is 12.1. The predicted octanol–water partition coefficient (Wildman–Crippen LogP) is 5.15. The zero-order chi connectivity index (χ0) is 21.3. The number of hydrogen-bond acceptors (Lipinski definition) is 4. The van der Waals surface area contributed by atoms with Crippen LogP contribution in [-0.4, -0.2) is 27.9 Å². The fourth-order valence-electron chi connectivity index (χ4n) is 2.30. The fraction of sp³-hybridized carbons (Fsp3) is 0.591. The third-order valence-electron chi connectivity index (χ3n) is 5.08. The molecule has 1 amide bonds. The van der Waals surface area contributed by atoms with Gasteiger partial charge in [-0.2, -0.15) is 5.10 Å². The number of nitrogens with zero attached hydrogens (tertiary/aromatic N) is 1. The number of Topliss-reactive ketones (excluding diaryl/α,β-unsaturated/α-hetero) is 1. The van der Waals surface area contributed by atoms with E-state index in [1.165, 1.54) is 0 Å². The Bertz CT molecular complexity index is 680. The quantitative estimate of drug-likeness (QED) is 0.150. The highest BCUT2D eigenvalue weighted by molar-refractivity contribution is 14.1. The minimum Gasteiger partial charge on any atom is -0.494 e. The Balaban J connectivity index is 2.50. The van der Waals surface area contributed by atoms with Crippen LogP contribution in [0.25, 0.3) is 0 Å². The van der Waals surface area contributed by atoms with Gasteiger partial charge < -0.3 is 4.74 Å². The Morgan fingerprint density at radius 2 is 1.79 bits per heavy atom. The van der Waals surface area contributed by atoms with Gasteiger partial charge in [0, 0.05) is 12.8 Å². The highest BCUT2D eigenvalue weighted by Gasteiger charge is 2.25. The van der Waals surface area contributed by atoms with Gasteiger partial charge in [0.25, 0.3) is 0 Å². The lowest BCUT2D eigenvalue weighted by Crippen LogP contribution is -2.29. The molecular formula is C22H33IN2O3. The number of hydrogen-bond donors (Lipinski definition) is 1. The van der Waals surface area contributed by atoms with Crippen LogP contribution in [0.4, 0.5) is 0 Å². The summed E-state index contributed by atoms with van der Waals surface area (Å²) in [5.41, 5.74) is 4.25. The molecule has 0 aliphatic carbocycles. The normalized spacial score (nSPS) is 13.4. The number of carbonyl (C=O) groups is 2. The van der Waals surface area contributed by atoms with Crippen LogP contribution in [0.15, 0.2) is 29.4 Å². The number of rotatable bonds is 11. The zero-order valence-corrected chi connectivity index (χ0v) is 20.0. The van der Waals surface area contributed by atoms with Crippen molar-refractivity contribution in [3.8, 4) is 5.75 Å². The number of amides is 1. The average molecular weight is 500 g/mol. The monoisotopic (exact) mass is 500 g/mol. The van der Waals surface area contributed by atoms with E-state index in [1.54, 1.807) is 0 Å². The molecule has 1 unspecified atom stereocenters. The molecule has 0 fully saturated rings. The molecule has 0 heterocycles. The van der Waals surface area contributed by atoms with Crippen molar-refractivity contribution >= 4 is 40.0 Å². The molecule has 0 aliphatic rings. The molecule has 0 radical (unpaired) electrons. The number of carbonyl (C=O) groups excluding carboxylic acids is 2. The standard InChI is InChI=1S/C22H33IN2O3/c1-15(2)22(5,6)14-21(27)25-24-17(4)18-9-11-19(12-10-18)28-13-7-8-20(26)16(3)23/h9-12,15-16H,7-8,13-14H2,1-6H3,(H,25,27)/b24-17+. The summed E-state index contributed by atoms with van der Waals surface area (Å²) in [6, 6.07) is 7.58. The summed E-state index contributed by atoms with van der Waals surface area (Å²) in [5, 5.41) is 4.22. The van der Waals surface area contributed by atoms with E-state index in [0.29, 0.717) is 31.8 Å². The second kappa shape index (κ2) is 11.5. The van der Waals surface area contributed by atoms with Crippen LogP contribution in [0.2, 0.25) is 0 Å². The molecule has 0 aliphatic heterocycles. The zero-order valence-electron chi connectivity index (χ0n) is 17.8. The van der Waals surface area contributed by atoms with Crippen LogP contribution in [0.1, 0.15) is 66.4 Å². The van der Waals surface area contributed by atoms with Crippen molar-refractivity contribution in [3.05, 3.63) is 29.8 Å². The molecule has 1 atom stereocenters. The topological polar surface area (TPSA) is 67.8 Å². The van der Waals surface area contributed by atoms with Gasteiger partial charge >= 0.3 is 0 Å². The number of ketones is 1. The van der Waals surface area contributed by atoms with E-state index >= 15 is 0 Å². The Morgan fingerprint density at radius 3 is 2.32 bits per heavy atom. The molecule has 6 heteroatoms. The molecule has 1 rings (SSSR count). The first-order chi connectivity index (χ1) is 13.0. The van der Waals surface area contributed by atoms with Crippen molar-refractivity contribution in [2.45, 2.75) is 64.7 Å². The minimum absolute atomic E-state index is 0.0519. The molecular weight excluding hydrogens is 467 g/mol. The van der Waals surface area contributed by atoms with E-state index in [0.717, 1.165) is 17.0 Å². The third-order valence-corrected chi connectivity index (χ3v) is 5.77. The first-order valence-electron chi connectivity index (χ1n) is 9.76. The largest absolute Gasteiger partial charge is 0.494 e. The second-order valence-electron chi connectivity index (χ2n) is 8.11. The minimum atomic E-state index is -0.0756. The van der Waals surface area contributed by atoms with Crippen LogP contribution < -0.4 is 10.2 Å². The summed E-state index contributed by atoms with van der Waals surface area (Å²) >= 11 is 2.13. The van der Waals surface area contributed by atoms with Crippen LogP contribution in [0.5, 0.6) is 5.75 Å². The lowest BCUT2D eigenvalue weighted by Gasteiger charge is -2.27. The van der Waals surface area contributed by atoms with Crippen LogP contribution in [0, 0.1) is 11.3 Å². The average Bonchev–Trinajstić information content (AvgIpc) is 2.63. The number of nitrogens with one attached hydrogen (secondary N) is 1. The van der Waals surface area contributed by atoms with Gasteiger partial charge in [0.05, 0.1) is 16.2 Å². The van der Waals surface area contributed by atoms with E-state index in [-0.39, 0.29) is 21.0 Å². The van der Waals surface area contributed by atoms with E-state index in [9.17, 15) is 9.59 Å². The van der Waals surface area contributed by atoms with Crippen molar-refractivity contribution in [1.82, 2.24) is 5.43 Å². The molecule has 0 saturated heterocycles. The molecule has 0 spiro atoms. The Morgan fingerprint density at radius 1 is 1.18 bits per heavy atom. The lowest BCUT2D eigenvalue weighted by atomic mass is 9.78. The maximum Gasteiger partial charge on any atom is 0.240 e. The van der Waals surface area contributed by atoms with E-state index in [2.05, 4.69) is 60.8 Å². The van der Waals surface area contributed by atoms with Crippen molar-refractivity contribution in [2.24, 2.45) is 16.4 Å². The van der Waals surface area contributed by atoms with E-state index < -0.39 is 0 Å². The Labute approximate surface area is 182 Å². The molecule has 1 aromatic carbocycles. The predicted molar refractivity (Wildman–Crippen MR) is 123 cm³/mol. The van der Waals surface area contributed by atoms with Gasteiger partial charge in [-0.05, 0) is 61.4 Å². The van der Waals surface area contributed by atoms with Crippen LogP contribution in [-0.2, 0) is 9.59 Å².